The summed E-state index contributed by atoms with van der Waals surface area (Å²) in [5, 5.41) is 0. The number of carbonyl (C=O) groups excluding carboxylic acids is 3. The Bertz CT molecular complexity index is 961. The molecule has 3 aliphatic heterocycles. The minimum atomic E-state index is -0.710. The maximum atomic E-state index is 13.9. The van der Waals surface area contributed by atoms with Crippen LogP contribution in [-0.4, -0.2) is 85.3 Å². The maximum Gasteiger partial charge on any atom is 0.509 e. The number of hydrogen-bond acceptors (Lipinski definition) is 8. The molecule has 1 aliphatic carbocycles. The molecule has 9 nitrogen and oxygen atoms in total. The Balaban J connectivity index is 1.11. The van der Waals surface area contributed by atoms with Gasteiger partial charge in [-0.15, -0.1) is 0 Å². The fourth-order valence-electron chi connectivity index (χ4n) is 5.69. The molecule has 0 N–H and O–H groups in total. The topological polar surface area (TPSA) is 88.6 Å². The summed E-state index contributed by atoms with van der Waals surface area (Å²) in [7, 11) is 0. The third-order valence-corrected chi connectivity index (χ3v) is 7.39. The van der Waals surface area contributed by atoms with Gasteiger partial charge in [0.05, 0.1) is 23.6 Å². The van der Waals surface area contributed by atoms with Crippen LogP contribution < -0.4 is 9.64 Å². The van der Waals surface area contributed by atoms with Gasteiger partial charge in [0.15, 0.2) is 0 Å². The van der Waals surface area contributed by atoms with E-state index in [1.54, 1.807) is 6.07 Å². The predicted molar refractivity (Wildman–Crippen MR) is 124 cm³/mol. The quantitative estimate of drug-likeness (QED) is 0.426. The van der Waals surface area contributed by atoms with Crippen molar-refractivity contribution in [2.45, 2.75) is 51.4 Å². The van der Waals surface area contributed by atoms with E-state index in [4.69, 9.17) is 14.2 Å². The molecule has 3 heterocycles. The van der Waals surface area contributed by atoms with E-state index in [-0.39, 0.29) is 23.7 Å². The van der Waals surface area contributed by atoms with Crippen LogP contribution in [0.1, 0.15) is 33.1 Å². The van der Waals surface area contributed by atoms with Crippen molar-refractivity contribution in [3.05, 3.63) is 24.0 Å². The lowest BCUT2D eigenvalue weighted by Crippen LogP contribution is -2.47. The number of anilines is 1. The molecule has 10 heteroatoms. The van der Waals surface area contributed by atoms with Crippen LogP contribution in [0, 0.1) is 17.7 Å². The van der Waals surface area contributed by atoms with Gasteiger partial charge in [-0.2, -0.15) is 0 Å². The second kappa shape index (κ2) is 9.64. The first-order chi connectivity index (χ1) is 16.8. The Labute approximate surface area is 204 Å². The summed E-state index contributed by atoms with van der Waals surface area (Å²) in [6, 6.07) is 4.63. The number of hydrogen-bond donors (Lipinski definition) is 0. The normalized spacial score (nSPS) is 28.7. The largest absolute Gasteiger partial charge is 0.509 e. The molecule has 3 saturated heterocycles. The number of imide groups is 1. The molecule has 4 fully saturated rings. The molecule has 1 aromatic rings. The van der Waals surface area contributed by atoms with Crippen LogP contribution >= 0.6 is 0 Å². The number of amides is 2. The lowest BCUT2D eigenvalue weighted by molar-refractivity contribution is -0.140. The number of piperazine rings is 1. The fraction of sp³-hybridized carbons (Fsp3) is 0.640. The average Bonchev–Trinajstić information content (AvgIpc) is 3.30. The first-order valence-corrected chi connectivity index (χ1v) is 12.5. The van der Waals surface area contributed by atoms with E-state index in [0.29, 0.717) is 31.6 Å². The van der Waals surface area contributed by atoms with Gasteiger partial charge in [-0.25, -0.2) is 9.18 Å². The molecule has 2 amide bonds. The fourth-order valence-corrected chi connectivity index (χ4v) is 5.69. The number of rotatable bonds is 7. The highest BCUT2D eigenvalue weighted by atomic mass is 19.1. The highest BCUT2D eigenvalue weighted by Gasteiger charge is 2.56. The molecule has 1 saturated carbocycles. The van der Waals surface area contributed by atoms with Gasteiger partial charge in [-0.3, -0.25) is 19.4 Å². The zero-order chi connectivity index (χ0) is 24.7. The van der Waals surface area contributed by atoms with Gasteiger partial charge in [0, 0.05) is 51.6 Å². The molecule has 0 bridgehead atoms. The van der Waals surface area contributed by atoms with Gasteiger partial charge in [-0.1, -0.05) is 0 Å². The molecule has 0 aromatic heterocycles. The molecular weight excluding hydrogens is 457 g/mol. The summed E-state index contributed by atoms with van der Waals surface area (Å²) in [6.07, 6.45) is -0.168. The number of carbonyl (C=O) groups is 3. The van der Waals surface area contributed by atoms with Crippen molar-refractivity contribution in [3.8, 4) is 5.75 Å². The third-order valence-electron chi connectivity index (χ3n) is 7.39. The maximum absolute atomic E-state index is 13.9. The van der Waals surface area contributed by atoms with Crippen molar-refractivity contribution in [2.24, 2.45) is 11.8 Å². The molecular formula is C25H32FN3O6. The molecule has 0 radical (unpaired) electrons. The molecule has 5 rings (SSSR count). The highest BCUT2D eigenvalue weighted by molar-refractivity contribution is 6.05. The summed E-state index contributed by atoms with van der Waals surface area (Å²) in [6.45, 7) is 8.14. The van der Waals surface area contributed by atoms with Crippen molar-refractivity contribution >= 4 is 23.7 Å². The number of fused-ring (bicyclic) bond motifs is 2. The van der Waals surface area contributed by atoms with Gasteiger partial charge in [0.1, 0.15) is 23.8 Å². The number of nitrogens with zero attached hydrogens (tertiary/aromatic N) is 3. The Hall–Kier alpha value is -2.88. The van der Waals surface area contributed by atoms with E-state index < -0.39 is 30.2 Å². The third kappa shape index (κ3) is 4.80. The number of benzene rings is 1. The zero-order valence-electron chi connectivity index (χ0n) is 20.2. The van der Waals surface area contributed by atoms with Crippen LogP contribution in [0.15, 0.2) is 18.2 Å². The van der Waals surface area contributed by atoms with E-state index >= 15 is 0 Å². The van der Waals surface area contributed by atoms with Gasteiger partial charge in [0.25, 0.3) is 0 Å². The summed E-state index contributed by atoms with van der Waals surface area (Å²) in [5.74, 6) is -0.755. The van der Waals surface area contributed by atoms with Crippen LogP contribution in [0.4, 0.5) is 14.9 Å². The van der Waals surface area contributed by atoms with Gasteiger partial charge >= 0.3 is 6.16 Å². The molecule has 4 aliphatic rings. The number of likely N-dealkylation sites (tertiary alicyclic amines) is 1. The minimum absolute atomic E-state index is 0.00230. The van der Waals surface area contributed by atoms with Crippen LogP contribution in [0.5, 0.6) is 5.75 Å². The summed E-state index contributed by atoms with van der Waals surface area (Å²) < 4.78 is 30.1. The smallest absolute Gasteiger partial charge is 0.489 e. The van der Waals surface area contributed by atoms with E-state index in [0.717, 1.165) is 38.4 Å². The second-order valence-electron chi connectivity index (χ2n) is 10.0. The van der Waals surface area contributed by atoms with E-state index in [1.165, 1.54) is 17.0 Å². The number of halogens is 1. The summed E-state index contributed by atoms with van der Waals surface area (Å²) in [4.78, 5) is 43.0. The molecule has 0 spiro atoms. The minimum Gasteiger partial charge on any atom is -0.489 e. The summed E-state index contributed by atoms with van der Waals surface area (Å²) >= 11 is 0. The first kappa shape index (κ1) is 23.8. The number of ether oxygens (including phenoxy) is 3. The predicted octanol–water partition coefficient (Wildman–Crippen LogP) is 2.42. The lowest BCUT2D eigenvalue weighted by atomic mass is 9.78. The Morgan fingerprint density at radius 2 is 1.60 bits per heavy atom. The van der Waals surface area contributed by atoms with E-state index in [2.05, 4.69) is 9.80 Å². The van der Waals surface area contributed by atoms with Crippen molar-refractivity contribution in [2.75, 3.05) is 44.2 Å². The van der Waals surface area contributed by atoms with Crippen molar-refractivity contribution in [3.63, 3.8) is 0 Å². The van der Waals surface area contributed by atoms with Gasteiger partial charge in [0.2, 0.25) is 11.8 Å². The monoisotopic (exact) mass is 489 g/mol. The van der Waals surface area contributed by atoms with E-state index in [9.17, 15) is 18.8 Å². The molecule has 190 valence electrons. The van der Waals surface area contributed by atoms with Crippen LogP contribution in [0.3, 0.4) is 0 Å². The second-order valence-corrected chi connectivity index (χ2v) is 10.0. The van der Waals surface area contributed by atoms with Crippen molar-refractivity contribution in [1.82, 2.24) is 9.80 Å². The van der Waals surface area contributed by atoms with Crippen LogP contribution in [-0.2, 0) is 19.1 Å². The van der Waals surface area contributed by atoms with Gasteiger partial charge in [-0.05, 0) is 38.9 Å². The molecule has 4 unspecified atom stereocenters. The highest BCUT2D eigenvalue weighted by Crippen LogP contribution is 2.42. The van der Waals surface area contributed by atoms with Crippen LogP contribution in [0.2, 0.25) is 0 Å². The zero-order valence-corrected chi connectivity index (χ0v) is 20.2. The van der Waals surface area contributed by atoms with E-state index in [1.807, 2.05) is 13.8 Å². The Morgan fingerprint density at radius 1 is 0.971 bits per heavy atom. The Kier molecular flexibility index (Phi) is 6.57. The van der Waals surface area contributed by atoms with Crippen molar-refractivity contribution < 1.29 is 33.0 Å². The molecule has 4 atom stereocenters. The lowest BCUT2D eigenvalue weighted by Gasteiger charge is -2.37. The van der Waals surface area contributed by atoms with Crippen molar-refractivity contribution in [1.29, 1.82) is 0 Å². The molecule has 1 aromatic carbocycles. The first-order valence-electron chi connectivity index (χ1n) is 12.5. The molecule has 35 heavy (non-hydrogen) atoms. The van der Waals surface area contributed by atoms with Gasteiger partial charge < -0.3 is 19.1 Å². The van der Waals surface area contributed by atoms with Crippen LogP contribution in [0.25, 0.3) is 0 Å². The summed E-state index contributed by atoms with van der Waals surface area (Å²) in [5.41, 5.74) is 0.772. The SMILES string of the molecule is CC(C)Oc1ccc(F)cc1N1CCN(CCCN2C(=O)C3CC4OC(=O)OC4CC3C2=O)CC1. The average molecular weight is 490 g/mol. The standard InChI is InChI=1S/C25H32FN3O6/c1-15(2)33-20-5-4-16(26)12-19(20)28-10-8-27(9-11-28)6-3-7-29-23(30)17-13-21-22(35-25(32)34-21)14-18(17)24(29)31/h4-5,12,15,17-18,21-22H,3,6-11,13-14H2,1-2H3. The Morgan fingerprint density at radius 3 is 2.20 bits per heavy atom.